The quantitative estimate of drug-likeness (QED) is 0.202. The number of fused-ring (bicyclic) bond motifs is 1. The van der Waals surface area contributed by atoms with E-state index in [2.05, 4.69) is 55.6 Å². The number of aliphatic hydroxyl groups excluding tert-OH is 2. The maximum absolute atomic E-state index is 12.0. The van der Waals surface area contributed by atoms with Crippen molar-refractivity contribution in [2.24, 2.45) is 0 Å². The molecule has 1 aliphatic rings. The molecule has 1 fully saturated rings. The van der Waals surface area contributed by atoms with Gasteiger partial charge < -0.3 is 53.1 Å². The molecule has 1 saturated heterocycles. The van der Waals surface area contributed by atoms with Crippen LogP contribution in [0.3, 0.4) is 0 Å². The number of ether oxygens (including phenoxy) is 1. The molecule has 2 aromatic rings. The van der Waals surface area contributed by atoms with Crippen LogP contribution in [0.4, 0.5) is 5.82 Å². The van der Waals surface area contributed by atoms with Crippen LogP contribution in [-0.4, -0.2) is 70.5 Å². The van der Waals surface area contributed by atoms with Gasteiger partial charge in [-0.15, -0.1) is 0 Å². The number of hydrogen-bond acceptors (Lipinski definition) is 16. The van der Waals surface area contributed by atoms with E-state index < -0.39 is 56.9 Å². The predicted octanol–water partition coefficient (Wildman–Crippen LogP) is -1.34. The summed E-state index contributed by atoms with van der Waals surface area (Å²) in [6.07, 6.45) is -3.63. The van der Waals surface area contributed by atoms with Crippen LogP contribution in [0, 0.1) is 0 Å². The Labute approximate surface area is 226 Å². The van der Waals surface area contributed by atoms with E-state index >= 15 is 0 Å². The van der Waals surface area contributed by atoms with E-state index in [0.29, 0.717) is 24.4 Å². The van der Waals surface area contributed by atoms with Gasteiger partial charge in [0.1, 0.15) is 24.6 Å². The number of aliphatic hydroxyl groups is 2. The highest BCUT2D eigenvalue weighted by Crippen LogP contribution is 2.76. The van der Waals surface area contributed by atoms with Gasteiger partial charge in [-0.25, -0.2) is 15.0 Å². The van der Waals surface area contributed by atoms with Crippen molar-refractivity contribution in [3.05, 3.63) is 12.7 Å². The van der Waals surface area contributed by atoms with Gasteiger partial charge in [0.15, 0.2) is 33.5 Å². The number of imidazole rings is 1. The van der Waals surface area contributed by atoms with Crippen molar-refractivity contribution in [1.29, 1.82) is 0 Å². The Balaban J connectivity index is 1.77. The summed E-state index contributed by atoms with van der Waals surface area (Å²) >= 11 is 4.15. The third-order valence-corrected chi connectivity index (χ3v) is 15.4. The lowest BCUT2D eigenvalue weighted by molar-refractivity contribution is -0.314. The summed E-state index contributed by atoms with van der Waals surface area (Å²) in [5, 5.41) is 20.9. The number of halogens is 2. The molecule has 0 saturated carbocycles. The fourth-order valence-corrected chi connectivity index (χ4v) is 8.05. The molecular formula is C15H20Br2N5O12P3-4. The Morgan fingerprint density at radius 2 is 1.73 bits per heavy atom. The number of rotatable bonds is 11. The van der Waals surface area contributed by atoms with Crippen molar-refractivity contribution in [1.82, 2.24) is 19.5 Å². The van der Waals surface area contributed by atoms with E-state index in [9.17, 15) is 43.5 Å². The standard InChI is InChI=1S/C15H24Br2N5O12P3/c1-3-21(4-2)12-9-13(19-6-18-12)22(7-20-9)14-11(24)10(23)8(33-14)5-32-37(30,31)34-36(28,29)15(16,17)35(25,26)27/h6-8,10-11,14,23-24H,3-5H2,1-2H3,(H,28,29)(H,30,31)(H2,25,26,27)/p-4/t8?,10-,11-,14?/m1/s1. The summed E-state index contributed by atoms with van der Waals surface area (Å²) in [5.74, 6) is 0.517. The average molecular weight is 715 g/mol. The van der Waals surface area contributed by atoms with Crippen LogP contribution in [-0.2, 0) is 27.3 Å². The van der Waals surface area contributed by atoms with Crippen molar-refractivity contribution in [2.45, 2.75) is 41.1 Å². The number of phosphoric acid groups is 1. The monoisotopic (exact) mass is 713 g/mol. The van der Waals surface area contributed by atoms with E-state index in [1.54, 1.807) is 0 Å². The Morgan fingerprint density at radius 3 is 2.30 bits per heavy atom. The Bertz CT molecular complexity index is 1270. The van der Waals surface area contributed by atoms with Gasteiger partial charge in [0, 0.05) is 13.1 Å². The molecule has 37 heavy (non-hydrogen) atoms. The van der Waals surface area contributed by atoms with Gasteiger partial charge in [0.2, 0.25) is 0 Å². The number of hydrogen-bond donors (Lipinski definition) is 2. The van der Waals surface area contributed by atoms with E-state index in [1.807, 2.05) is 18.7 Å². The first kappa shape index (κ1) is 31.2. The van der Waals surface area contributed by atoms with Gasteiger partial charge in [-0.1, -0.05) is 31.9 Å². The summed E-state index contributed by atoms with van der Waals surface area (Å²) in [6, 6.07) is 0. The summed E-state index contributed by atoms with van der Waals surface area (Å²) in [5.41, 5.74) is 0.618. The van der Waals surface area contributed by atoms with Gasteiger partial charge in [-0.05, 0) is 21.4 Å². The highest BCUT2D eigenvalue weighted by molar-refractivity contribution is 9.29. The van der Waals surface area contributed by atoms with E-state index in [0.717, 1.165) is 0 Å². The molecule has 6 atom stereocenters. The second-order valence-corrected chi connectivity index (χ2v) is 19.0. The zero-order chi connectivity index (χ0) is 28.0. The molecule has 3 heterocycles. The molecule has 210 valence electrons. The minimum atomic E-state index is -6.01. The first-order valence-corrected chi connectivity index (χ1v) is 16.4. The molecule has 0 aromatic carbocycles. The number of anilines is 1. The molecule has 0 spiro atoms. The smallest absolute Gasteiger partial charge is 0.272 e. The molecule has 0 bridgehead atoms. The average Bonchev–Trinajstić information content (AvgIpc) is 3.33. The van der Waals surface area contributed by atoms with Crippen molar-refractivity contribution in [3.63, 3.8) is 0 Å². The fraction of sp³-hybridized carbons (Fsp3) is 0.667. The topological polar surface area (TPSA) is 258 Å². The molecule has 2 N–H and O–H groups in total. The van der Waals surface area contributed by atoms with Crippen molar-refractivity contribution >= 4 is 71.9 Å². The predicted molar refractivity (Wildman–Crippen MR) is 125 cm³/mol. The summed E-state index contributed by atoms with van der Waals surface area (Å²) < 4.78 is 46.8. The highest BCUT2D eigenvalue weighted by atomic mass is 79.9. The lowest BCUT2D eigenvalue weighted by atomic mass is 10.1. The van der Waals surface area contributed by atoms with Gasteiger partial charge in [0.25, 0.3) is 7.82 Å². The number of nitrogens with zero attached hydrogens (tertiary/aromatic N) is 5. The van der Waals surface area contributed by atoms with Crippen LogP contribution < -0.4 is 24.5 Å². The highest BCUT2D eigenvalue weighted by Gasteiger charge is 2.46. The lowest BCUT2D eigenvalue weighted by Gasteiger charge is -2.48. The second kappa shape index (κ2) is 11.3. The van der Waals surface area contributed by atoms with E-state index in [1.165, 1.54) is 17.2 Å². The third-order valence-electron chi connectivity index (χ3n) is 5.28. The van der Waals surface area contributed by atoms with Gasteiger partial charge in [0.05, 0.1) is 12.9 Å². The van der Waals surface area contributed by atoms with Gasteiger partial charge in [-0.3, -0.25) is 13.4 Å². The summed E-state index contributed by atoms with van der Waals surface area (Å²) in [4.78, 5) is 60.9. The number of alkyl halides is 2. The normalized spacial score (nSPS) is 26.2. The molecule has 0 amide bonds. The van der Waals surface area contributed by atoms with Crippen LogP contribution in [0.25, 0.3) is 11.2 Å². The Kier molecular flexibility index (Phi) is 9.48. The molecular weight excluding hydrogens is 695 g/mol. The first-order chi connectivity index (χ1) is 17.0. The van der Waals surface area contributed by atoms with Crippen LogP contribution >= 0.6 is 54.9 Å². The minimum Gasteiger partial charge on any atom is -0.809 e. The van der Waals surface area contributed by atoms with Crippen LogP contribution in [0.2, 0.25) is 0 Å². The second-order valence-electron chi connectivity index (χ2n) is 7.57. The molecule has 0 aliphatic carbocycles. The Morgan fingerprint density at radius 1 is 1.11 bits per heavy atom. The molecule has 4 unspecified atom stereocenters. The number of phosphoric ester groups is 1. The largest absolute Gasteiger partial charge is 0.809 e. The minimum absolute atomic E-state index is 0.241. The maximum atomic E-state index is 12.0. The molecule has 0 radical (unpaired) electrons. The van der Waals surface area contributed by atoms with Crippen LogP contribution in [0.5, 0.6) is 0 Å². The van der Waals surface area contributed by atoms with Gasteiger partial charge in [-0.2, -0.15) is 0 Å². The molecule has 2 aromatic heterocycles. The maximum Gasteiger partial charge on any atom is 0.272 e. The van der Waals surface area contributed by atoms with Crippen LogP contribution in [0.15, 0.2) is 12.7 Å². The first-order valence-electron chi connectivity index (χ1n) is 10.3. The zero-order valence-corrected chi connectivity index (χ0v) is 24.8. The SMILES string of the molecule is CCN(CC)c1ncnc2c1ncn2C1OC(COP(=O)([O-])OP(=O)([O-])C(Br)(Br)P(=O)([O-])[O-])[C@@H](O)[C@H]1O. The summed E-state index contributed by atoms with van der Waals surface area (Å²) in [7, 11) is -17.8. The summed E-state index contributed by atoms with van der Waals surface area (Å²) in [6.45, 7) is 4.02. The number of aromatic nitrogens is 4. The molecule has 17 nitrogen and oxygen atoms in total. The molecule has 1 aliphatic heterocycles. The zero-order valence-electron chi connectivity index (χ0n) is 18.9. The molecule has 3 rings (SSSR count). The van der Waals surface area contributed by atoms with Crippen molar-refractivity contribution in [2.75, 3.05) is 24.6 Å². The van der Waals surface area contributed by atoms with E-state index in [4.69, 9.17) is 4.74 Å². The van der Waals surface area contributed by atoms with Crippen molar-refractivity contribution in [3.8, 4) is 0 Å². The van der Waals surface area contributed by atoms with E-state index in [-0.39, 0.29) is 5.65 Å². The Hall–Kier alpha value is -0.360. The van der Waals surface area contributed by atoms with Crippen LogP contribution in [0.1, 0.15) is 20.1 Å². The molecule has 22 heteroatoms. The van der Waals surface area contributed by atoms with Gasteiger partial charge >= 0.3 is 0 Å². The lowest BCUT2D eigenvalue weighted by Crippen LogP contribution is -2.35. The third kappa shape index (κ3) is 6.20. The fourth-order valence-electron chi connectivity index (χ4n) is 3.40. The van der Waals surface area contributed by atoms with Crippen molar-refractivity contribution < 1.29 is 57.1 Å².